The van der Waals surface area contributed by atoms with Gasteiger partial charge in [-0.1, -0.05) is 36.4 Å². The number of benzene rings is 2. The summed E-state index contributed by atoms with van der Waals surface area (Å²) in [5, 5.41) is 5.84. The number of amides is 1. The van der Waals surface area contributed by atoms with Gasteiger partial charge in [-0.2, -0.15) is 0 Å². The summed E-state index contributed by atoms with van der Waals surface area (Å²) in [5.41, 5.74) is 3.98. The van der Waals surface area contributed by atoms with Crippen LogP contribution in [0.25, 0.3) is 11.1 Å². The van der Waals surface area contributed by atoms with Gasteiger partial charge in [-0.15, -0.1) is 0 Å². The van der Waals surface area contributed by atoms with Crippen LogP contribution in [0.15, 0.2) is 73.1 Å². The molecule has 142 valence electrons. The molecule has 1 amide bonds. The molecule has 0 saturated heterocycles. The smallest absolute Gasteiger partial charge is 0.343 e. The summed E-state index contributed by atoms with van der Waals surface area (Å²) in [6.07, 6.45) is 3.52. The molecule has 0 aliphatic heterocycles. The first-order valence-electron chi connectivity index (χ1n) is 8.59. The lowest BCUT2D eigenvalue weighted by atomic mass is 9.98. The molecule has 0 radical (unpaired) electrons. The highest BCUT2D eigenvalue weighted by atomic mass is 35.5. The molecule has 3 rings (SSSR count). The monoisotopic (exact) mass is 395 g/mol. The molecule has 0 saturated carbocycles. The Morgan fingerprint density at radius 1 is 1.04 bits per heavy atom. The van der Waals surface area contributed by atoms with Crippen molar-refractivity contribution in [3.8, 4) is 11.1 Å². The second-order valence-corrected chi connectivity index (χ2v) is 6.13. The highest BCUT2D eigenvalue weighted by Gasteiger charge is 2.15. The number of carbonyl (C=O) groups excluding carboxylic acids is 2. The Hall–Kier alpha value is -3.38. The molecule has 0 fully saturated rings. The second-order valence-electron chi connectivity index (χ2n) is 5.97. The van der Waals surface area contributed by atoms with E-state index in [1.165, 1.54) is 0 Å². The Kier molecular flexibility index (Phi) is 6.59. The molecular weight excluding hydrogens is 378 g/mol. The second kappa shape index (κ2) is 9.53. The Balaban J connectivity index is 1.85. The van der Waals surface area contributed by atoms with E-state index in [0.717, 1.165) is 22.4 Å². The van der Waals surface area contributed by atoms with E-state index >= 15 is 0 Å². The maximum absolute atomic E-state index is 12.6. The van der Waals surface area contributed by atoms with Crippen molar-refractivity contribution in [3.63, 3.8) is 0 Å². The maximum Gasteiger partial charge on any atom is 0.343 e. The summed E-state index contributed by atoms with van der Waals surface area (Å²) >= 11 is 5.00. The molecule has 2 aromatic carbocycles. The zero-order valence-electron chi connectivity index (χ0n) is 14.9. The predicted octanol–water partition coefficient (Wildman–Crippen LogP) is 3.79. The Labute approximate surface area is 167 Å². The van der Waals surface area contributed by atoms with Gasteiger partial charge in [0.05, 0.1) is 0 Å². The first kappa shape index (κ1) is 19.4. The normalized spacial score (nSPS) is 10.2. The number of carbonyl (C=O) groups is 2. The van der Waals surface area contributed by atoms with Crippen LogP contribution in [-0.2, 0) is 15.6 Å². The minimum atomic E-state index is -0.731. The zero-order valence-corrected chi connectivity index (χ0v) is 15.6. The number of pyridine rings is 1. The number of anilines is 1. The van der Waals surface area contributed by atoms with Gasteiger partial charge in [0.25, 0.3) is 5.91 Å². The van der Waals surface area contributed by atoms with E-state index in [1.54, 1.807) is 18.5 Å². The molecule has 1 heterocycles. The summed E-state index contributed by atoms with van der Waals surface area (Å²) in [7, 11) is 0. The van der Waals surface area contributed by atoms with Gasteiger partial charge >= 0.3 is 5.97 Å². The summed E-state index contributed by atoms with van der Waals surface area (Å²) in [4.78, 5) is 27.9. The molecule has 0 unspecified atom stereocenters. The molecule has 0 aliphatic rings. The van der Waals surface area contributed by atoms with Crippen LogP contribution in [0.1, 0.15) is 15.9 Å². The molecule has 0 spiro atoms. The van der Waals surface area contributed by atoms with E-state index in [9.17, 15) is 9.59 Å². The van der Waals surface area contributed by atoms with Crippen LogP contribution < -0.4 is 10.6 Å². The van der Waals surface area contributed by atoms with Crippen molar-refractivity contribution in [2.45, 2.75) is 6.54 Å². The van der Waals surface area contributed by atoms with Crippen LogP contribution in [0.3, 0.4) is 0 Å². The largest absolute Gasteiger partial charge is 0.381 e. The molecule has 6 nitrogen and oxygen atoms in total. The first-order chi connectivity index (χ1) is 13.7. The third kappa shape index (κ3) is 5.08. The molecule has 7 heteroatoms. The number of hydrogen-bond acceptors (Lipinski definition) is 5. The molecule has 1 aromatic heterocycles. The minimum Gasteiger partial charge on any atom is -0.381 e. The van der Waals surface area contributed by atoms with E-state index in [4.69, 9.17) is 11.9 Å². The molecule has 0 atom stereocenters. The van der Waals surface area contributed by atoms with Crippen molar-refractivity contribution in [3.05, 3.63) is 84.2 Å². The van der Waals surface area contributed by atoms with Gasteiger partial charge in [-0.25, -0.2) is 4.79 Å². The summed E-state index contributed by atoms with van der Waals surface area (Å²) < 4.78 is 4.05. The van der Waals surface area contributed by atoms with Crippen molar-refractivity contribution in [2.24, 2.45) is 0 Å². The molecule has 0 aliphatic carbocycles. The summed E-state index contributed by atoms with van der Waals surface area (Å²) in [6.45, 7) is 0.298. The lowest BCUT2D eigenvalue weighted by Crippen LogP contribution is -2.30. The first-order valence-corrected chi connectivity index (χ1v) is 8.90. The van der Waals surface area contributed by atoms with E-state index < -0.39 is 5.97 Å². The van der Waals surface area contributed by atoms with Gasteiger partial charge in [0, 0.05) is 30.2 Å². The number of rotatable bonds is 7. The molecule has 0 bridgehead atoms. The minimum absolute atomic E-state index is 0.308. The predicted molar refractivity (Wildman–Crippen MR) is 108 cm³/mol. The van der Waals surface area contributed by atoms with E-state index in [1.807, 2.05) is 54.6 Å². The molecule has 3 aromatic rings. The average Bonchev–Trinajstić information content (AvgIpc) is 2.77. The van der Waals surface area contributed by atoms with Crippen LogP contribution >= 0.6 is 11.9 Å². The Bertz CT molecular complexity index is 950. The number of aromatic nitrogens is 1. The third-order valence-corrected chi connectivity index (χ3v) is 4.22. The van der Waals surface area contributed by atoms with Crippen molar-refractivity contribution in [1.29, 1.82) is 0 Å². The highest BCUT2D eigenvalue weighted by Crippen LogP contribution is 2.27. The topological polar surface area (TPSA) is 80.3 Å². The fourth-order valence-electron chi connectivity index (χ4n) is 2.69. The highest BCUT2D eigenvalue weighted by molar-refractivity contribution is 6.13. The SMILES string of the molecule is O=C(CNC(=O)c1ccc(NCc2cccnc2)cc1-c1ccccc1)OCl. The fraction of sp³-hybridized carbons (Fsp3) is 0.0952. The average molecular weight is 396 g/mol. The summed E-state index contributed by atoms with van der Waals surface area (Å²) in [5.74, 6) is -1.12. The number of hydrogen-bond donors (Lipinski definition) is 2. The van der Waals surface area contributed by atoms with Gasteiger partial charge in [0.15, 0.2) is 0 Å². The lowest BCUT2D eigenvalue weighted by Gasteiger charge is -2.13. The van der Waals surface area contributed by atoms with Crippen LogP contribution in [0.5, 0.6) is 0 Å². The van der Waals surface area contributed by atoms with Crippen LogP contribution in [0.2, 0.25) is 0 Å². The number of halogens is 1. The molecular formula is C21H18ClN3O3. The van der Waals surface area contributed by atoms with Crippen molar-refractivity contribution >= 4 is 29.4 Å². The van der Waals surface area contributed by atoms with E-state index in [-0.39, 0.29) is 12.5 Å². The Morgan fingerprint density at radius 2 is 1.86 bits per heavy atom. The lowest BCUT2D eigenvalue weighted by molar-refractivity contribution is -0.132. The molecule has 2 N–H and O–H groups in total. The fourth-order valence-corrected chi connectivity index (χ4v) is 2.75. The van der Waals surface area contributed by atoms with Gasteiger partial charge in [0.1, 0.15) is 18.4 Å². The standard InChI is InChI=1S/C21H18ClN3O3/c22-28-20(26)14-25-21(27)18-9-8-17(24-13-15-5-4-10-23-12-15)11-19(18)16-6-2-1-3-7-16/h1-12,24H,13-14H2,(H,25,27). The van der Waals surface area contributed by atoms with Crippen molar-refractivity contribution in [2.75, 3.05) is 11.9 Å². The number of nitrogens with one attached hydrogen (secondary N) is 2. The van der Waals surface area contributed by atoms with Crippen LogP contribution in [0, 0.1) is 0 Å². The van der Waals surface area contributed by atoms with Gasteiger partial charge in [-0.3, -0.25) is 9.78 Å². The van der Waals surface area contributed by atoms with E-state index in [2.05, 4.69) is 19.9 Å². The van der Waals surface area contributed by atoms with E-state index in [0.29, 0.717) is 12.1 Å². The summed E-state index contributed by atoms with van der Waals surface area (Å²) in [6, 6.07) is 18.8. The van der Waals surface area contributed by atoms with Crippen LogP contribution in [-0.4, -0.2) is 23.4 Å². The maximum atomic E-state index is 12.6. The third-order valence-electron chi connectivity index (χ3n) is 4.05. The number of nitrogens with zero attached hydrogens (tertiary/aromatic N) is 1. The van der Waals surface area contributed by atoms with Gasteiger partial charge in [-0.05, 0) is 41.0 Å². The van der Waals surface area contributed by atoms with Crippen molar-refractivity contribution in [1.82, 2.24) is 10.3 Å². The Morgan fingerprint density at radius 3 is 2.57 bits per heavy atom. The zero-order chi connectivity index (χ0) is 19.8. The van der Waals surface area contributed by atoms with Crippen molar-refractivity contribution < 1.29 is 13.9 Å². The quantitative estimate of drug-likeness (QED) is 0.636. The van der Waals surface area contributed by atoms with Gasteiger partial charge in [0.2, 0.25) is 0 Å². The molecule has 28 heavy (non-hydrogen) atoms. The van der Waals surface area contributed by atoms with Gasteiger partial charge < -0.3 is 14.9 Å². The van der Waals surface area contributed by atoms with Crippen LogP contribution in [0.4, 0.5) is 5.69 Å².